The van der Waals surface area contributed by atoms with Gasteiger partial charge in [-0.15, -0.1) is 0 Å². The molecule has 1 saturated heterocycles. The second-order valence-corrected chi connectivity index (χ2v) is 8.66. The van der Waals surface area contributed by atoms with Gasteiger partial charge in [0.25, 0.3) is 5.91 Å². The molecule has 0 radical (unpaired) electrons. The van der Waals surface area contributed by atoms with Crippen LogP contribution in [0.5, 0.6) is 0 Å². The van der Waals surface area contributed by atoms with Crippen molar-refractivity contribution in [3.8, 4) is 0 Å². The number of carbonyl (C=O) groups excluding carboxylic acids is 2. The minimum absolute atomic E-state index is 0.0494. The zero-order valence-electron chi connectivity index (χ0n) is 16.8. The summed E-state index contributed by atoms with van der Waals surface area (Å²) in [6, 6.07) is 5.73. The van der Waals surface area contributed by atoms with Crippen molar-refractivity contribution in [2.45, 2.75) is 37.6 Å². The Balaban J connectivity index is 1.27. The molecular formula is C22H24N6O2. The Labute approximate surface area is 173 Å². The number of amides is 2. The third-order valence-corrected chi connectivity index (χ3v) is 6.91. The molecule has 154 valence electrons. The lowest BCUT2D eigenvalue weighted by atomic mass is 9.78. The van der Waals surface area contributed by atoms with Gasteiger partial charge in [0.2, 0.25) is 5.91 Å². The molecule has 8 nitrogen and oxygen atoms in total. The summed E-state index contributed by atoms with van der Waals surface area (Å²) in [6.07, 6.45) is 9.66. The number of likely N-dealkylation sites (tertiary alicyclic amines) is 1. The van der Waals surface area contributed by atoms with E-state index in [1.165, 1.54) is 0 Å². The molecule has 2 amide bonds. The number of nitrogens with zero attached hydrogens (tertiary/aromatic N) is 5. The van der Waals surface area contributed by atoms with Crippen molar-refractivity contribution in [2.24, 2.45) is 5.92 Å². The molecule has 1 N–H and O–H groups in total. The van der Waals surface area contributed by atoms with Crippen LogP contribution < -0.4 is 0 Å². The minimum Gasteiger partial charge on any atom is -0.348 e. The third-order valence-electron chi connectivity index (χ3n) is 6.91. The molecule has 8 heteroatoms. The van der Waals surface area contributed by atoms with Crippen LogP contribution in [0.1, 0.15) is 47.6 Å². The van der Waals surface area contributed by atoms with E-state index in [0.717, 1.165) is 42.8 Å². The topological polar surface area (TPSA) is 86.6 Å². The second kappa shape index (κ2) is 6.42. The van der Waals surface area contributed by atoms with E-state index in [1.54, 1.807) is 12.5 Å². The number of rotatable bonds is 2. The monoisotopic (exact) mass is 404 g/mol. The van der Waals surface area contributed by atoms with Gasteiger partial charge >= 0.3 is 0 Å². The van der Waals surface area contributed by atoms with Crippen molar-refractivity contribution in [1.29, 1.82) is 0 Å². The number of imidazole rings is 2. The van der Waals surface area contributed by atoms with Gasteiger partial charge < -0.3 is 19.2 Å². The van der Waals surface area contributed by atoms with Gasteiger partial charge in [-0.3, -0.25) is 9.59 Å². The average molecular weight is 404 g/mol. The number of hydrogen-bond donors (Lipinski definition) is 1. The SMILES string of the molecule is O=C(c1cn2ccccc2n1)N1CCC2(CC1)c1nc[nH]c1CCN2C(=O)C1CC1. The number of pyridine rings is 1. The van der Waals surface area contributed by atoms with Crippen molar-refractivity contribution < 1.29 is 9.59 Å². The zero-order valence-corrected chi connectivity index (χ0v) is 16.8. The number of fused-ring (bicyclic) bond motifs is 3. The molecule has 30 heavy (non-hydrogen) atoms. The number of hydrogen-bond acceptors (Lipinski definition) is 4. The predicted molar refractivity (Wildman–Crippen MR) is 109 cm³/mol. The first kappa shape index (κ1) is 17.7. The first-order valence-corrected chi connectivity index (χ1v) is 10.7. The molecular weight excluding hydrogens is 380 g/mol. The average Bonchev–Trinajstić information content (AvgIpc) is 3.34. The Hall–Kier alpha value is -3.16. The molecule has 1 spiro atoms. The fourth-order valence-corrected chi connectivity index (χ4v) is 5.14. The number of nitrogens with one attached hydrogen (secondary N) is 1. The molecule has 0 atom stereocenters. The molecule has 3 aromatic heterocycles. The number of carbonyl (C=O) groups is 2. The lowest BCUT2D eigenvalue weighted by Gasteiger charge is -2.50. The Kier molecular flexibility index (Phi) is 3.78. The highest BCUT2D eigenvalue weighted by molar-refractivity contribution is 5.93. The van der Waals surface area contributed by atoms with Gasteiger partial charge in [-0.05, 0) is 37.8 Å². The molecule has 2 fully saturated rings. The maximum absolute atomic E-state index is 13.1. The summed E-state index contributed by atoms with van der Waals surface area (Å²) < 4.78 is 1.87. The number of aromatic nitrogens is 4. The van der Waals surface area contributed by atoms with E-state index in [1.807, 2.05) is 33.7 Å². The van der Waals surface area contributed by atoms with E-state index in [9.17, 15) is 9.59 Å². The summed E-state index contributed by atoms with van der Waals surface area (Å²) in [6.45, 7) is 1.91. The normalized spacial score (nSPS) is 20.5. The van der Waals surface area contributed by atoms with E-state index >= 15 is 0 Å². The first-order valence-electron chi connectivity index (χ1n) is 10.7. The lowest BCUT2D eigenvalue weighted by Crippen LogP contribution is -2.59. The van der Waals surface area contributed by atoms with Gasteiger partial charge in [0, 0.05) is 50.1 Å². The van der Waals surface area contributed by atoms with E-state index in [-0.39, 0.29) is 17.7 Å². The van der Waals surface area contributed by atoms with Gasteiger partial charge in [-0.2, -0.15) is 0 Å². The lowest BCUT2D eigenvalue weighted by molar-refractivity contribution is -0.143. The second-order valence-electron chi connectivity index (χ2n) is 8.66. The van der Waals surface area contributed by atoms with Crippen molar-refractivity contribution >= 4 is 17.5 Å². The maximum atomic E-state index is 13.1. The zero-order chi connectivity index (χ0) is 20.3. The summed E-state index contributed by atoms with van der Waals surface area (Å²) in [5, 5.41) is 0. The van der Waals surface area contributed by atoms with Crippen LogP contribution in [0.25, 0.3) is 5.65 Å². The Morgan fingerprint density at radius 2 is 1.97 bits per heavy atom. The summed E-state index contributed by atoms with van der Waals surface area (Å²) in [5.41, 5.74) is 2.97. The fourth-order valence-electron chi connectivity index (χ4n) is 5.14. The predicted octanol–water partition coefficient (Wildman–Crippen LogP) is 1.98. The summed E-state index contributed by atoms with van der Waals surface area (Å²) in [4.78, 5) is 42.6. The largest absolute Gasteiger partial charge is 0.348 e. The quantitative estimate of drug-likeness (QED) is 0.708. The molecule has 0 unspecified atom stereocenters. The molecule has 5 heterocycles. The molecule has 0 aromatic carbocycles. The van der Waals surface area contributed by atoms with Gasteiger partial charge in [0.1, 0.15) is 11.3 Å². The minimum atomic E-state index is -0.400. The van der Waals surface area contributed by atoms with Crippen LogP contribution in [-0.4, -0.2) is 60.6 Å². The maximum Gasteiger partial charge on any atom is 0.274 e. The Morgan fingerprint density at radius 1 is 1.13 bits per heavy atom. The molecule has 1 saturated carbocycles. The molecule has 3 aliphatic rings. The van der Waals surface area contributed by atoms with E-state index in [0.29, 0.717) is 31.6 Å². The van der Waals surface area contributed by atoms with Crippen LogP contribution in [0.2, 0.25) is 0 Å². The van der Waals surface area contributed by atoms with E-state index in [2.05, 4.69) is 19.9 Å². The molecule has 1 aliphatic carbocycles. The third kappa shape index (κ3) is 2.59. The highest BCUT2D eigenvalue weighted by atomic mass is 16.2. The van der Waals surface area contributed by atoms with Crippen molar-refractivity contribution in [2.75, 3.05) is 19.6 Å². The van der Waals surface area contributed by atoms with Crippen LogP contribution in [0.4, 0.5) is 0 Å². The highest BCUT2D eigenvalue weighted by Crippen LogP contribution is 2.45. The molecule has 2 aliphatic heterocycles. The van der Waals surface area contributed by atoms with Gasteiger partial charge in [0.05, 0.1) is 17.6 Å². The van der Waals surface area contributed by atoms with Crippen LogP contribution in [-0.2, 0) is 16.8 Å². The standard InChI is InChI=1S/C22H24N6O2/c29-20(15-4-5-15)28-10-6-16-19(24-14-23-16)22(28)7-11-26(12-8-22)21(30)17-13-27-9-2-1-3-18(27)25-17/h1-3,9,13-15H,4-8,10-12H2,(H,23,24). The number of piperidine rings is 1. The summed E-state index contributed by atoms with van der Waals surface area (Å²) >= 11 is 0. The first-order chi connectivity index (χ1) is 14.7. The summed E-state index contributed by atoms with van der Waals surface area (Å²) in [5.74, 6) is 0.399. The van der Waals surface area contributed by atoms with Crippen molar-refractivity contribution in [1.82, 2.24) is 29.2 Å². The molecule has 0 bridgehead atoms. The molecule has 6 rings (SSSR count). The van der Waals surface area contributed by atoms with E-state index in [4.69, 9.17) is 0 Å². The van der Waals surface area contributed by atoms with Gasteiger partial charge in [-0.1, -0.05) is 6.07 Å². The van der Waals surface area contributed by atoms with Gasteiger partial charge in [0.15, 0.2) is 0 Å². The van der Waals surface area contributed by atoms with Crippen molar-refractivity contribution in [3.63, 3.8) is 0 Å². The highest BCUT2D eigenvalue weighted by Gasteiger charge is 2.51. The Bertz CT molecular complexity index is 1100. The number of H-pyrrole nitrogens is 1. The van der Waals surface area contributed by atoms with E-state index < -0.39 is 5.54 Å². The van der Waals surface area contributed by atoms with Crippen molar-refractivity contribution in [3.05, 3.63) is 54.0 Å². The van der Waals surface area contributed by atoms with Crippen LogP contribution in [0, 0.1) is 5.92 Å². The fraction of sp³-hybridized carbons (Fsp3) is 0.455. The van der Waals surface area contributed by atoms with Gasteiger partial charge in [-0.25, -0.2) is 9.97 Å². The number of aromatic amines is 1. The van der Waals surface area contributed by atoms with Crippen LogP contribution in [0.3, 0.4) is 0 Å². The molecule has 3 aromatic rings. The Morgan fingerprint density at radius 3 is 2.73 bits per heavy atom. The summed E-state index contributed by atoms with van der Waals surface area (Å²) in [7, 11) is 0. The van der Waals surface area contributed by atoms with Crippen LogP contribution in [0.15, 0.2) is 36.9 Å². The van der Waals surface area contributed by atoms with Crippen LogP contribution >= 0.6 is 0 Å². The smallest absolute Gasteiger partial charge is 0.274 e.